The van der Waals surface area contributed by atoms with Crippen molar-refractivity contribution in [2.24, 2.45) is 34.0 Å². The Hall–Kier alpha value is -2.29. The molecule has 0 aromatic carbocycles. The number of fused-ring (bicyclic) bond motifs is 1. The summed E-state index contributed by atoms with van der Waals surface area (Å²) in [7, 11) is 0. The lowest BCUT2D eigenvalue weighted by atomic mass is 9.43. The summed E-state index contributed by atoms with van der Waals surface area (Å²) in [6.07, 6.45) is 1.31. The standard InChI is InChI=1S/C26H28ClNO7/c1-12-13-6-7-15-25-11-33-22(31)17(25)24(2,3)9-8-16(25)34-23(32)26(15,18(12)29)19(13)35-21(30)14-5-4-10-28-20(14)27/h4-5,10,13,15-17,19,22,31H,1,6-9,11H2,2-3H3/t13-,15-,16-,17+,19+,22+,25+,26-/m0/s1. The van der Waals surface area contributed by atoms with Gasteiger partial charge in [-0.15, -0.1) is 0 Å². The number of ketones is 1. The molecule has 2 bridgehead atoms. The highest BCUT2D eigenvalue weighted by atomic mass is 35.5. The van der Waals surface area contributed by atoms with E-state index in [1.54, 1.807) is 6.07 Å². The van der Waals surface area contributed by atoms with Crippen molar-refractivity contribution in [1.82, 2.24) is 4.98 Å². The van der Waals surface area contributed by atoms with E-state index < -0.39 is 58.9 Å². The number of Topliss-reactive ketones (excluding diaryl/α,β-unsaturated/α-hetero) is 1. The summed E-state index contributed by atoms with van der Waals surface area (Å²) in [4.78, 5) is 44.9. The normalized spacial score (nSPS) is 43.1. The van der Waals surface area contributed by atoms with Gasteiger partial charge in [-0.1, -0.05) is 32.0 Å². The van der Waals surface area contributed by atoms with E-state index in [0.717, 1.165) is 6.42 Å². The number of nitrogens with zero attached hydrogens (tertiary/aromatic N) is 1. The van der Waals surface area contributed by atoms with Crippen molar-refractivity contribution in [1.29, 1.82) is 0 Å². The molecular formula is C26H28ClNO7. The first-order chi connectivity index (χ1) is 16.6. The van der Waals surface area contributed by atoms with Gasteiger partial charge in [0.1, 0.15) is 17.4 Å². The van der Waals surface area contributed by atoms with Crippen LogP contribution in [0, 0.1) is 34.0 Å². The van der Waals surface area contributed by atoms with Gasteiger partial charge in [-0.3, -0.25) is 9.59 Å². The van der Waals surface area contributed by atoms with E-state index in [4.69, 9.17) is 25.8 Å². The summed E-state index contributed by atoms with van der Waals surface area (Å²) in [5.74, 6) is -3.21. The Kier molecular flexibility index (Phi) is 4.87. The van der Waals surface area contributed by atoms with Crippen LogP contribution in [0.5, 0.6) is 0 Å². The Morgan fingerprint density at radius 1 is 1.29 bits per heavy atom. The Balaban J connectivity index is 1.49. The van der Waals surface area contributed by atoms with E-state index in [9.17, 15) is 19.5 Å². The van der Waals surface area contributed by atoms with Gasteiger partial charge in [0, 0.05) is 23.4 Å². The fraction of sp³-hybridized carbons (Fsp3) is 0.615. The molecule has 9 heteroatoms. The molecule has 3 aliphatic carbocycles. The van der Waals surface area contributed by atoms with Gasteiger partial charge in [-0.2, -0.15) is 0 Å². The first kappa shape index (κ1) is 23.1. The van der Waals surface area contributed by atoms with Crippen LogP contribution in [0.25, 0.3) is 0 Å². The van der Waals surface area contributed by atoms with Crippen LogP contribution in [-0.2, 0) is 23.8 Å². The predicted molar refractivity (Wildman–Crippen MR) is 122 cm³/mol. The fourth-order valence-electron chi connectivity index (χ4n) is 8.21. The largest absolute Gasteiger partial charge is 0.461 e. The number of aliphatic hydroxyl groups is 1. The molecule has 6 rings (SSSR count). The number of ether oxygens (including phenoxy) is 3. The summed E-state index contributed by atoms with van der Waals surface area (Å²) in [5.41, 5.74) is -2.46. The molecule has 8 atom stereocenters. The molecule has 2 saturated heterocycles. The molecule has 1 N–H and O–H groups in total. The average molecular weight is 502 g/mol. The molecule has 2 aliphatic heterocycles. The number of carbonyl (C=O) groups excluding carboxylic acids is 3. The Morgan fingerprint density at radius 3 is 2.80 bits per heavy atom. The maximum absolute atomic E-state index is 13.9. The van der Waals surface area contributed by atoms with Crippen molar-refractivity contribution >= 4 is 29.3 Å². The molecule has 5 aliphatic rings. The lowest BCUT2D eigenvalue weighted by molar-refractivity contribution is -0.249. The molecule has 3 heterocycles. The third-order valence-electron chi connectivity index (χ3n) is 9.55. The number of aliphatic hydroxyl groups excluding tert-OH is 1. The van der Waals surface area contributed by atoms with Gasteiger partial charge < -0.3 is 19.3 Å². The maximum Gasteiger partial charge on any atom is 0.341 e. The molecule has 0 radical (unpaired) electrons. The molecule has 0 unspecified atom stereocenters. The van der Waals surface area contributed by atoms with Gasteiger partial charge in [0.05, 0.1) is 12.2 Å². The SMILES string of the molecule is C=C1C(=O)[C@@]23C(=O)O[C@H]4CCC(C)(C)[C@H]5[C@H](O)OC[C@@]45[C@@H]2CC[C@@H]1[C@H]3OC(=O)c1cccnc1Cl. The highest BCUT2D eigenvalue weighted by Gasteiger charge is 2.81. The van der Waals surface area contributed by atoms with Gasteiger partial charge in [0.15, 0.2) is 17.5 Å². The summed E-state index contributed by atoms with van der Waals surface area (Å²) in [5, 5.41) is 10.9. The molecule has 35 heavy (non-hydrogen) atoms. The summed E-state index contributed by atoms with van der Waals surface area (Å²) in [6, 6.07) is 3.05. The van der Waals surface area contributed by atoms with Gasteiger partial charge >= 0.3 is 11.9 Å². The Bertz CT molecular complexity index is 1170. The zero-order valence-electron chi connectivity index (χ0n) is 19.7. The van der Waals surface area contributed by atoms with Gasteiger partial charge in [-0.05, 0) is 54.7 Å². The quantitative estimate of drug-likeness (QED) is 0.285. The Labute approximate surface area is 208 Å². The molecule has 5 fully saturated rings. The number of carbonyl (C=O) groups is 3. The third-order valence-corrected chi connectivity index (χ3v) is 9.86. The molecule has 0 amide bonds. The summed E-state index contributed by atoms with van der Waals surface area (Å²) < 4.78 is 17.9. The van der Waals surface area contributed by atoms with Crippen LogP contribution >= 0.6 is 11.6 Å². The number of hydrogen-bond donors (Lipinski definition) is 1. The molecular weight excluding hydrogens is 474 g/mol. The lowest BCUT2D eigenvalue weighted by Gasteiger charge is -2.62. The summed E-state index contributed by atoms with van der Waals surface area (Å²) in [6.45, 7) is 8.35. The second-order valence-electron chi connectivity index (χ2n) is 11.3. The number of pyridine rings is 1. The molecule has 2 spiro atoms. The van der Waals surface area contributed by atoms with Crippen molar-refractivity contribution in [3.63, 3.8) is 0 Å². The average Bonchev–Trinajstić information content (AvgIpc) is 3.22. The van der Waals surface area contributed by atoms with Gasteiger partial charge in [-0.25, -0.2) is 9.78 Å². The molecule has 1 aromatic heterocycles. The van der Waals surface area contributed by atoms with E-state index in [-0.39, 0.29) is 34.2 Å². The van der Waals surface area contributed by atoms with Crippen molar-refractivity contribution in [3.8, 4) is 0 Å². The minimum Gasteiger partial charge on any atom is -0.461 e. The minimum absolute atomic E-state index is 0.0221. The number of hydrogen-bond acceptors (Lipinski definition) is 8. The van der Waals surface area contributed by atoms with Gasteiger partial charge in [0.25, 0.3) is 0 Å². The van der Waals surface area contributed by atoms with E-state index in [2.05, 4.69) is 25.4 Å². The minimum atomic E-state index is -1.72. The Morgan fingerprint density at radius 2 is 2.06 bits per heavy atom. The predicted octanol–water partition coefficient (Wildman–Crippen LogP) is 3.11. The van der Waals surface area contributed by atoms with Crippen LogP contribution < -0.4 is 0 Å². The second-order valence-corrected chi connectivity index (χ2v) is 11.7. The number of esters is 2. The molecule has 3 saturated carbocycles. The first-order valence-corrected chi connectivity index (χ1v) is 12.5. The van der Waals surface area contributed by atoms with Crippen LogP contribution in [0.1, 0.15) is 49.9 Å². The van der Waals surface area contributed by atoms with Crippen LogP contribution in [0.3, 0.4) is 0 Å². The van der Waals surface area contributed by atoms with Crippen LogP contribution in [-0.4, -0.2) is 52.9 Å². The summed E-state index contributed by atoms with van der Waals surface area (Å²) >= 11 is 6.13. The zero-order valence-corrected chi connectivity index (χ0v) is 20.4. The van der Waals surface area contributed by atoms with E-state index in [1.807, 2.05) is 0 Å². The highest BCUT2D eigenvalue weighted by Crippen LogP contribution is 2.71. The van der Waals surface area contributed by atoms with E-state index in [0.29, 0.717) is 19.3 Å². The fourth-order valence-corrected chi connectivity index (χ4v) is 8.40. The highest BCUT2D eigenvalue weighted by molar-refractivity contribution is 6.32. The zero-order chi connectivity index (χ0) is 24.9. The van der Waals surface area contributed by atoms with Crippen LogP contribution in [0.4, 0.5) is 0 Å². The number of rotatable bonds is 2. The maximum atomic E-state index is 13.9. The van der Waals surface area contributed by atoms with Crippen LogP contribution in [0.2, 0.25) is 5.15 Å². The van der Waals surface area contributed by atoms with E-state index in [1.165, 1.54) is 12.3 Å². The third kappa shape index (κ3) is 2.71. The van der Waals surface area contributed by atoms with E-state index >= 15 is 0 Å². The monoisotopic (exact) mass is 501 g/mol. The van der Waals surface area contributed by atoms with Crippen molar-refractivity contribution < 1.29 is 33.7 Å². The van der Waals surface area contributed by atoms with Crippen LogP contribution in [0.15, 0.2) is 30.5 Å². The number of halogens is 1. The first-order valence-electron chi connectivity index (χ1n) is 12.1. The smallest absolute Gasteiger partial charge is 0.341 e. The lowest BCUT2D eigenvalue weighted by Crippen LogP contribution is -2.71. The molecule has 1 aromatic rings. The molecule has 8 nitrogen and oxygen atoms in total. The molecule has 186 valence electrons. The second kappa shape index (κ2) is 7.37. The van der Waals surface area contributed by atoms with Crippen molar-refractivity contribution in [2.45, 2.75) is 58.0 Å². The van der Waals surface area contributed by atoms with Gasteiger partial charge in [0.2, 0.25) is 0 Å². The van der Waals surface area contributed by atoms with Crippen molar-refractivity contribution in [3.05, 3.63) is 41.2 Å². The van der Waals surface area contributed by atoms with Crippen molar-refractivity contribution in [2.75, 3.05) is 6.61 Å². The topological polar surface area (TPSA) is 112 Å². The number of aromatic nitrogens is 1.